The van der Waals surface area contributed by atoms with Gasteiger partial charge in [0.05, 0.1) is 87.3 Å². The molecule has 0 spiro atoms. The van der Waals surface area contributed by atoms with Gasteiger partial charge in [-0.25, -0.2) is 14.8 Å². The van der Waals surface area contributed by atoms with Crippen LogP contribution in [0, 0.1) is 12.3 Å². The molecule has 4 heterocycles. The van der Waals surface area contributed by atoms with Crippen molar-refractivity contribution in [3.8, 4) is 10.4 Å². The Labute approximate surface area is 421 Å². The Morgan fingerprint density at radius 1 is 0.903 bits per heavy atom. The van der Waals surface area contributed by atoms with Gasteiger partial charge in [-0.05, 0) is 49.1 Å². The number of alkyl halides is 3. The monoisotopic (exact) mass is 1030 g/mol. The number of thiazole rings is 1. The summed E-state index contributed by atoms with van der Waals surface area (Å²) < 4.78 is 56.2. The SMILES string of the molecule is CCCc1cc(N[C@@H]2CC[C@@H](NC(=O)CCOCCOCCOCCOCCN[C@H](C(=O)N3C[C@H](O)C[C@H]3C(=O)NCc3ccc(-c4scnc4C)cc3)C(C)(C)C)C2)n2nccc2n1.O=C(O)C(F)(F)F. The second-order valence-electron chi connectivity index (χ2n) is 18.7. The highest BCUT2D eigenvalue weighted by Crippen LogP contribution is 2.29. The summed E-state index contributed by atoms with van der Waals surface area (Å²) in [7, 11) is 0. The van der Waals surface area contributed by atoms with Crippen molar-refractivity contribution < 1.29 is 61.5 Å². The average Bonchev–Trinajstić information content (AvgIpc) is 4.16. The zero-order valence-electron chi connectivity index (χ0n) is 41.7. The molecule has 6 rings (SSSR count). The quantitative estimate of drug-likeness (QED) is 0.0457. The van der Waals surface area contributed by atoms with Crippen LogP contribution in [0.5, 0.6) is 0 Å². The summed E-state index contributed by atoms with van der Waals surface area (Å²) in [5.41, 5.74) is 6.26. The minimum atomic E-state index is -5.08. The Balaban J connectivity index is 0.00000128. The highest BCUT2D eigenvalue weighted by molar-refractivity contribution is 7.13. The summed E-state index contributed by atoms with van der Waals surface area (Å²) >= 11 is 1.59. The first-order valence-electron chi connectivity index (χ1n) is 24.3. The van der Waals surface area contributed by atoms with E-state index in [1.807, 2.05) is 68.1 Å². The first-order valence-corrected chi connectivity index (χ1v) is 25.2. The molecule has 2 aliphatic rings. The molecule has 3 aromatic heterocycles. The number of hydrogen-bond acceptors (Lipinski definition) is 15. The number of fused-ring (bicyclic) bond motifs is 1. The number of aryl methyl sites for hydroxylation is 2. The molecule has 398 valence electrons. The molecular weight excluding hydrogens is 964 g/mol. The highest BCUT2D eigenvalue weighted by Gasteiger charge is 2.44. The minimum absolute atomic E-state index is 0.0101. The number of rotatable bonds is 26. The van der Waals surface area contributed by atoms with Crippen LogP contribution in [-0.2, 0) is 51.1 Å². The predicted molar refractivity (Wildman–Crippen MR) is 263 cm³/mol. The van der Waals surface area contributed by atoms with E-state index in [9.17, 15) is 32.7 Å². The van der Waals surface area contributed by atoms with Crippen molar-refractivity contribution in [1.82, 2.24) is 40.4 Å². The van der Waals surface area contributed by atoms with Crippen molar-refractivity contribution in [2.75, 3.05) is 71.3 Å². The van der Waals surface area contributed by atoms with Crippen molar-refractivity contribution in [2.24, 2.45) is 5.41 Å². The lowest BCUT2D eigenvalue weighted by molar-refractivity contribution is -0.192. The van der Waals surface area contributed by atoms with Crippen LogP contribution in [0.3, 0.4) is 0 Å². The first-order chi connectivity index (χ1) is 34.3. The number of likely N-dealkylation sites (tertiary alicyclic amines) is 1. The zero-order chi connectivity index (χ0) is 52.3. The Bertz CT molecular complexity index is 2330. The van der Waals surface area contributed by atoms with E-state index in [1.165, 1.54) is 4.90 Å². The number of carbonyl (C=O) groups excluding carboxylic acids is 3. The van der Waals surface area contributed by atoms with Crippen LogP contribution < -0.4 is 21.3 Å². The molecule has 0 bridgehead atoms. The summed E-state index contributed by atoms with van der Waals surface area (Å²) in [6.45, 7) is 14.0. The molecular formula is C49H70F3N9O10S. The number of β-amino-alcohol motifs (C(OH)–C–C–N with tert-alkyl or cyclic N) is 1. The van der Waals surface area contributed by atoms with E-state index < -0.39 is 35.7 Å². The second kappa shape index (κ2) is 28.2. The number of amides is 3. The number of aliphatic hydroxyl groups excluding tert-OH is 1. The van der Waals surface area contributed by atoms with Crippen LogP contribution in [0.1, 0.15) is 83.2 Å². The van der Waals surface area contributed by atoms with E-state index >= 15 is 0 Å². The maximum absolute atomic E-state index is 13.9. The highest BCUT2D eigenvalue weighted by atomic mass is 32.1. The molecule has 4 aromatic rings. The van der Waals surface area contributed by atoms with Crippen molar-refractivity contribution in [3.63, 3.8) is 0 Å². The number of halogens is 3. The van der Waals surface area contributed by atoms with Gasteiger partial charge in [-0.1, -0.05) is 58.4 Å². The summed E-state index contributed by atoms with van der Waals surface area (Å²) in [6.07, 6.45) is 1.07. The number of aromatic nitrogens is 4. The smallest absolute Gasteiger partial charge is 0.475 e. The zero-order valence-corrected chi connectivity index (χ0v) is 42.5. The lowest BCUT2D eigenvalue weighted by Gasteiger charge is -2.35. The van der Waals surface area contributed by atoms with Crippen LogP contribution in [0.15, 0.2) is 48.1 Å². The number of benzene rings is 1. The van der Waals surface area contributed by atoms with E-state index in [0.29, 0.717) is 72.4 Å². The van der Waals surface area contributed by atoms with Crippen molar-refractivity contribution >= 4 is 46.5 Å². The summed E-state index contributed by atoms with van der Waals surface area (Å²) in [5.74, 6) is -2.33. The number of aliphatic carboxylic acids is 1. The van der Waals surface area contributed by atoms with Gasteiger partial charge in [0, 0.05) is 62.4 Å². The van der Waals surface area contributed by atoms with Gasteiger partial charge in [0.1, 0.15) is 11.9 Å². The lowest BCUT2D eigenvalue weighted by atomic mass is 9.85. The largest absolute Gasteiger partial charge is 0.490 e. The number of hydrogen-bond donors (Lipinski definition) is 6. The van der Waals surface area contributed by atoms with E-state index in [2.05, 4.69) is 49.3 Å². The predicted octanol–water partition coefficient (Wildman–Crippen LogP) is 4.94. The number of nitrogens with one attached hydrogen (secondary N) is 4. The molecule has 5 atom stereocenters. The standard InChI is InChI=1S/C47H69N9O8S.C2HF3O2/c1-6-7-35-27-41(56-40(52-35)14-16-51-56)53-36-12-13-37(26-36)54-42(58)15-18-61-20-22-63-24-25-64-23-21-62-19-17-48-44(47(3,4)5)46(60)55-30-38(57)28-39(55)45(59)49-29-33-8-10-34(11-9-33)43-32(2)50-31-65-43;3-2(4,5)1(6)7/h8-11,14,16,27,31,36-39,44,48,53,57H,6-7,12-13,15,17-26,28-30H2,1-5H3,(H,49,59)(H,54,58);(H,6,7)/t36-,37-,38-,39+,44-;/m1./s1. The van der Waals surface area contributed by atoms with E-state index in [4.69, 9.17) is 28.8 Å². The first kappa shape index (κ1) is 57.6. The average molecular weight is 1030 g/mol. The molecule has 0 radical (unpaired) electrons. The molecule has 1 aliphatic heterocycles. The van der Waals surface area contributed by atoms with Crippen LogP contribution in [0.4, 0.5) is 19.0 Å². The Kier molecular flexibility index (Phi) is 22.6. The number of carboxylic acid groups (broad SMARTS) is 1. The molecule has 72 heavy (non-hydrogen) atoms. The fourth-order valence-electron chi connectivity index (χ4n) is 8.30. The molecule has 0 unspecified atom stereocenters. The van der Waals surface area contributed by atoms with Gasteiger partial charge in [-0.15, -0.1) is 11.3 Å². The van der Waals surface area contributed by atoms with Gasteiger partial charge in [0.25, 0.3) is 0 Å². The fourth-order valence-corrected chi connectivity index (χ4v) is 9.11. The fraction of sp³-hybridized carbons (Fsp3) is 0.612. The van der Waals surface area contributed by atoms with Gasteiger partial charge in [-0.2, -0.15) is 22.8 Å². The van der Waals surface area contributed by atoms with Gasteiger partial charge in [0.2, 0.25) is 17.7 Å². The van der Waals surface area contributed by atoms with Gasteiger partial charge >= 0.3 is 12.1 Å². The number of ether oxygens (including phenoxy) is 4. The molecule has 19 nitrogen and oxygen atoms in total. The van der Waals surface area contributed by atoms with Crippen LogP contribution in [0.2, 0.25) is 0 Å². The number of aliphatic hydroxyl groups is 1. The lowest BCUT2D eigenvalue weighted by Crippen LogP contribution is -2.57. The topological polar surface area (TPSA) is 240 Å². The molecule has 1 saturated carbocycles. The summed E-state index contributed by atoms with van der Waals surface area (Å²) in [6, 6.07) is 11.0. The number of anilines is 1. The Morgan fingerprint density at radius 3 is 2.15 bits per heavy atom. The number of carbonyl (C=O) groups is 4. The third kappa shape index (κ3) is 18.3. The Hall–Kier alpha value is -5.30. The van der Waals surface area contributed by atoms with E-state index in [0.717, 1.165) is 71.0 Å². The molecule has 1 saturated heterocycles. The number of nitrogens with zero attached hydrogens (tertiary/aromatic N) is 5. The Morgan fingerprint density at radius 2 is 1.54 bits per heavy atom. The van der Waals surface area contributed by atoms with Crippen LogP contribution in [-0.4, -0.2) is 161 Å². The van der Waals surface area contributed by atoms with Crippen molar-refractivity contribution in [1.29, 1.82) is 0 Å². The third-order valence-electron chi connectivity index (χ3n) is 11.9. The normalized spacial score (nSPS) is 18.4. The molecule has 1 aliphatic carbocycles. The van der Waals surface area contributed by atoms with Gasteiger partial charge in [-0.3, -0.25) is 14.4 Å². The maximum atomic E-state index is 13.9. The molecule has 6 N–H and O–H groups in total. The van der Waals surface area contributed by atoms with Gasteiger partial charge < -0.3 is 55.3 Å². The third-order valence-corrected chi connectivity index (χ3v) is 12.9. The van der Waals surface area contributed by atoms with Crippen LogP contribution >= 0.6 is 11.3 Å². The number of carboxylic acids is 1. The van der Waals surface area contributed by atoms with Crippen LogP contribution in [0.25, 0.3) is 16.1 Å². The molecule has 2 fully saturated rings. The van der Waals surface area contributed by atoms with E-state index in [-0.39, 0.29) is 42.8 Å². The van der Waals surface area contributed by atoms with E-state index in [1.54, 1.807) is 17.5 Å². The van der Waals surface area contributed by atoms with Gasteiger partial charge in [0.15, 0.2) is 5.65 Å². The maximum Gasteiger partial charge on any atom is 0.490 e. The molecule has 23 heteroatoms. The molecule has 3 amide bonds. The second-order valence-corrected chi connectivity index (χ2v) is 19.6. The van der Waals surface area contributed by atoms with Crippen molar-refractivity contribution in [2.45, 2.75) is 123 Å². The molecule has 1 aromatic carbocycles. The minimum Gasteiger partial charge on any atom is -0.475 e. The summed E-state index contributed by atoms with van der Waals surface area (Å²) in [4.78, 5) is 60.4. The summed E-state index contributed by atoms with van der Waals surface area (Å²) in [5, 5.41) is 35.2. The van der Waals surface area contributed by atoms with Crippen molar-refractivity contribution in [3.05, 3.63) is 65.1 Å².